The first kappa shape index (κ1) is 11.7. The van der Waals surface area contributed by atoms with Gasteiger partial charge in [0.05, 0.1) is 13.2 Å². The van der Waals surface area contributed by atoms with Gasteiger partial charge >= 0.3 is 5.97 Å². The van der Waals surface area contributed by atoms with Gasteiger partial charge in [0.1, 0.15) is 5.69 Å². The standard InChI is InChI=1S/C11H14N2O4/c1-12-4-2-3-8(12)10(14)13-5-6-17-9(7-13)11(15)16/h2-4,9H,5-7H2,1H3,(H,15,16)/t9-/m1/s1. The summed E-state index contributed by atoms with van der Waals surface area (Å²) in [5.74, 6) is -1.19. The number of carbonyl (C=O) groups is 2. The topological polar surface area (TPSA) is 71.8 Å². The minimum absolute atomic E-state index is 0.0966. The van der Waals surface area contributed by atoms with Crippen molar-refractivity contribution in [3.8, 4) is 0 Å². The van der Waals surface area contributed by atoms with E-state index in [0.717, 1.165) is 0 Å². The van der Waals surface area contributed by atoms with Gasteiger partial charge in [-0.1, -0.05) is 0 Å². The Morgan fingerprint density at radius 3 is 2.88 bits per heavy atom. The zero-order valence-corrected chi connectivity index (χ0v) is 9.50. The first-order valence-electron chi connectivity index (χ1n) is 5.34. The number of carbonyl (C=O) groups excluding carboxylic acids is 1. The fourth-order valence-corrected chi connectivity index (χ4v) is 1.83. The zero-order valence-electron chi connectivity index (χ0n) is 9.50. The molecule has 1 atom stereocenters. The Labute approximate surface area is 98.4 Å². The fourth-order valence-electron chi connectivity index (χ4n) is 1.83. The number of morpholine rings is 1. The van der Waals surface area contributed by atoms with Gasteiger partial charge in [-0.2, -0.15) is 0 Å². The summed E-state index contributed by atoms with van der Waals surface area (Å²) < 4.78 is 6.78. The molecule has 1 amide bonds. The van der Waals surface area contributed by atoms with Gasteiger partial charge in [-0.05, 0) is 12.1 Å². The van der Waals surface area contributed by atoms with Crippen molar-refractivity contribution in [3.63, 3.8) is 0 Å². The smallest absolute Gasteiger partial charge is 0.334 e. The SMILES string of the molecule is Cn1cccc1C(=O)N1CCO[C@@H](C(=O)O)C1. The van der Waals surface area contributed by atoms with E-state index in [2.05, 4.69) is 0 Å². The third-order valence-corrected chi connectivity index (χ3v) is 2.79. The maximum atomic E-state index is 12.1. The summed E-state index contributed by atoms with van der Waals surface area (Å²) in [4.78, 5) is 24.4. The van der Waals surface area contributed by atoms with Crippen LogP contribution in [0.5, 0.6) is 0 Å². The molecule has 0 spiro atoms. The molecule has 1 fully saturated rings. The second-order valence-electron chi connectivity index (χ2n) is 3.95. The highest BCUT2D eigenvalue weighted by Gasteiger charge is 2.30. The Morgan fingerprint density at radius 2 is 2.29 bits per heavy atom. The van der Waals surface area contributed by atoms with Crippen LogP contribution < -0.4 is 0 Å². The van der Waals surface area contributed by atoms with E-state index >= 15 is 0 Å². The molecule has 1 saturated heterocycles. The summed E-state index contributed by atoms with van der Waals surface area (Å²) >= 11 is 0. The number of hydrogen-bond acceptors (Lipinski definition) is 3. The number of aryl methyl sites for hydroxylation is 1. The molecule has 2 heterocycles. The molecule has 6 nitrogen and oxygen atoms in total. The number of rotatable bonds is 2. The molecule has 6 heteroatoms. The summed E-state index contributed by atoms with van der Waals surface area (Å²) in [5.41, 5.74) is 0.552. The number of aromatic nitrogens is 1. The van der Waals surface area contributed by atoms with Crippen molar-refractivity contribution in [1.82, 2.24) is 9.47 Å². The van der Waals surface area contributed by atoms with Crippen LogP contribution in [-0.2, 0) is 16.6 Å². The lowest BCUT2D eigenvalue weighted by Crippen LogP contribution is -2.48. The lowest BCUT2D eigenvalue weighted by molar-refractivity contribution is -0.154. The van der Waals surface area contributed by atoms with Crippen LogP contribution in [0.4, 0.5) is 0 Å². The van der Waals surface area contributed by atoms with Gasteiger partial charge in [0.2, 0.25) is 0 Å². The van der Waals surface area contributed by atoms with Gasteiger partial charge in [-0.3, -0.25) is 4.79 Å². The lowest BCUT2D eigenvalue weighted by Gasteiger charge is -2.30. The monoisotopic (exact) mass is 238 g/mol. The van der Waals surface area contributed by atoms with Crippen molar-refractivity contribution >= 4 is 11.9 Å². The third kappa shape index (κ3) is 2.31. The van der Waals surface area contributed by atoms with Crippen LogP contribution in [0.15, 0.2) is 18.3 Å². The van der Waals surface area contributed by atoms with Crippen LogP contribution in [0.1, 0.15) is 10.5 Å². The number of amides is 1. The molecular formula is C11H14N2O4. The highest BCUT2D eigenvalue weighted by atomic mass is 16.5. The quantitative estimate of drug-likeness (QED) is 0.784. The van der Waals surface area contributed by atoms with Gasteiger partial charge in [0, 0.05) is 19.8 Å². The first-order valence-corrected chi connectivity index (χ1v) is 5.34. The molecule has 0 radical (unpaired) electrons. The van der Waals surface area contributed by atoms with Gasteiger partial charge in [0.15, 0.2) is 6.10 Å². The number of carboxylic acids is 1. The van der Waals surface area contributed by atoms with Gasteiger partial charge < -0.3 is 19.3 Å². The molecule has 1 aliphatic rings. The Bertz CT molecular complexity index is 440. The maximum absolute atomic E-state index is 12.1. The van der Waals surface area contributed by atoms with E-state index in [1.165, 1.54) is 4.90 Å². The van der Waals surface area contributed by atoms with Crippen LogP contribution in [0, 0.1) is 0 Å². The Hall–Kier alpha value is -1.82. The zero-order chi connectivity index (χ0) is 12.4. The fraction of sp³-hybridized carbons (Fsp3) is 0.455. The van der Waals surface area contributed by atoms with Crippen molar-refractivity contribution in [3.05, 3.63) is 24.0 Å². The van der Waals surface area contributed by atoms with Crippen molar-refractivity contribution in [2.45, 2.75) is 6.10 Å². The van der Waals surface area contributed by atoms with Crippen molar-refractivity contribution in [2.75, 3.05) is 19.7 Å². The van der Waals surface area contributed by atoms with Gasteiger partial charge in [0.25, 0.3) is 5.91 Å². The molecule has 0 saturated carbocycles. The van der Waals surface area contributed by atoms with E-state index in [1.54, 1.807) is 29.9 Å². The lowest BCUT2D eigenvalue weighted by atomic mass is 10.2. The van der Waals surface area contributed by atoms with E-state index in [9.17, 15) is 9.59 Å². The molecule has 0 unspecified atom stereocenters. The third-order valence-electron chi connectivity index (χ3n) is 2.79. The molecule has 1 aliphatic heterocycles. The maximum Gasteiger partial charge on any atom is 0.334 e. The molecule has 0 aliphatic carbocycles. The largest absolute Gasteiger partial charge is 0.479 e. The average molecular weight is 238 g/mol. The first-order chi connectivity index (χ1) is 8.09. The highest BCUT2D eigenvalue weighted by Crippen LogP contribution is 2.11. The van der Waals surface area contributed by atoms with E-state index in [-0.39, 0.29) is 19.1 Å². The number of hydrogen-bond donors (Lipinski definition) is 1. The predicted octanol–water partition coefficient (Wildman–Crippen LogP) is -0.0493. The van der Waals surface area contributed by atoms with Crippen LogP contribution in [-0.4, -0.2) is 52.3 Å². The highest BCUT2D eigenvalue weighted by molar-refractivity contribution is 5.93. The van der Waals surface area contributed by atoms with Crippen LogP contribution in [0.25, 0.3) is 0 Å². The Kier molecular flexibility index (Phi) is 3.14. The Balaban J connectivity index is 2.10. The summed E-state index contributed by atoms with van der Waals surface area (Å²) in [7, 11) is 1.78. The molecule has 92 valence electrons. The molecule has 0 bridgehead atoms. The van der Waals surface area contributed by atoms with Crippen LogP contribution in [0.2, 0.25) is 0 Å². The molecule has 0 aromatic carbocycles. The van der Waals surface area contributed by atoms with E-state index in [4.69, 9.17) is 9.84 Å². The van der Waals surface area contributed by atoms with E-state index in [0.29, 0.717) is 12.2 Å². The van der Waals surface area contributed by atoms with Crippen LogP contribution in [0.3, 0.4) is 0 Å². The van der Waals surface area contributed by atoms with E-state index < -0.39 is 12.1 Å². The molecular weight excluding hydrogens is 224 g/mol. The molecule has 1 aromatic rings. The normalized spacial score (nSPS) is 20.3. The van der Waals surface area contributed by atoms with Crippen molar-refractivity contribution < 1.29 is 19.4 Å². The van der Waals surface area contributed by atoms with Gasteiger partial charge in [-0.25, -0.2) is 4.79 Å². The summed E-state index contributed by atoms with van der Waals surface area (Å²) in [6.07, 6.45) is 0.857. The second kappa shape index (κ2) is 4.58. The van der Waals surface area contributed by atoms with Crippen molar-refractivity contribution in [2.24, 2.45) is 7.05 Å². The molecule has 1 N–H and O–H groups in total. The van der Waals surface area contributed by atoms with Crippen LogP contribution >= 0.6 is 0 Å². The van der Waals surface area contributed by atoms with Gasteiger partial charge in [-0.15, -0.1) is 0 Å². The average Bonchev–Trinajstić information content (AvgIpc) is 2.74. The second-order valence-corrected chi connectivity index (χ2v) is 3.95. The molecule has 2 rings (SSSR count). The predicted molar refractivity (Wildman–Crippen MR) is 58.7 cm³/mol. The number of aliphatic carboxylic acids is 1. The van der Waals surface area contributed by atoms with Crippen molar-refractivity contribution in [1.29, 1.82) is 0 Å². The minimum atomic E-state index is -1.03. The summed E-state index contributed by atoms with van der Waals surface area (Å²) in [6, 6.07) is 3.50. The minimum Gasteiger partial charge on any atom is -0.479 e. The summed E-state index contributed by atoms with van der Waals surface area (Å²) in [6.45, 7) is 0.778. The number of carboxylic acid groups (broad SMARTS) is 1. The number of ether oxygens (including phenoxy) is 1. The van der Waals surface area contributed by atoms with E-state index in [1.807, 2.05) is 0 Å². The molecule has 1 aromatic heterocycles. The number of nitrogens with zero attached hydrogens (tertiary/aromatic N) is 2. The summed E-state index contributed by atoms with van der Waals surface area (Å²) in [5, 5.41) is 8.85. The Morgan fingerprint density at radius 1 is 1.53 bits per heavy atom. The molecule has 17 heavy (non-hydrogen) atoms.